The molecule has 8 nitrogen and oxygen atoms in total. The maximum Gasteiger partial charge on any atom is 0.306 e. The summed E-state index contributed by atoms with van der Waals surface area (Å²) in [4.78, 5) is 45.4. The van der Waals surface area contributed by atoms with Gasteiger partial charge in [0.05, 0.1) is 25.7 Å². The van der Waals surface area contributed by atoms with E-state index in [0.29, 0.717) is 51.9 Å². The summed E-state index contributed by atoms with van der Waals surface area (Å²) in [5, 5.41) is 11.9. The van der Waals surface area contributed by atoms with Crippen molar-refractivity contribution in [1.29, 1.82) is 0 Å². The number of rotatable bonds is 19. The first-order valence-electron chi connectivity index (χ1n) is 10.1. The molecule has 1 unspecified atom stereocenters. The molecule has 0 aliphatic heterocycles. The summed E-state index contributed by atoms with van der Waals surface area (Å²) in [6.07, 6.45) is 4.11. The smallest absolute Gasteiger partial charge is 0.306 e. The predicted molar refractivity (Wildman–Crippen MR) is 104 cm³/mol. The van der Waals surface area contributed by atoms with Gasteiger partial charge in [-0.2, -0.15) is 0 Å². The molecule has 0 aromatic carbocycles. The molecule has 0 heterocycles. The van der Waals surface area contributed by atoms with Crippen LogP contribution in [0.5, 0.6) is 0 Å². The number of hydrogen-bond donors (Lipinski definition) is 2. The van der Waals surface area contributed by atoms with E-state index in [1.54, 1.807) is 6.92 Å². The average Bonchev–Trinajstić information content (AvgIpc) is 2.67. The summed E-state index contributed by atoms with van der Waals surface area (Å²) in [6, 6.07) is 0. The highest BCUT2D eigenvalue weighted by Crippen LogP contribution is 2.16. The summed E-state index contributed by atoms with van der Waals surface area (Å²) in [6.45, 7) is 4.79. The lowest BCUT2D eigenvalue weighted by Crippen LogP contribution is -2.26. The zero-order valence-electron chi connectivity index (χ0n) is 17.2. The monoisotopic (exact) mass is 401 g/mol. The van der Waals surface area contributed by atoms with Gasteiger partial charge in [-0.05, 0) is 12.8 Å². The second-order valence-corrected chi connectivity index (χ2v) is 6.64. The van der Waals surface area contributed by atoms with E-state index in [1.807, 2.05) is 6.92 Å². The van der Waals surface area contributed by atoms with Crippen LogP contribution < -0.4 is 5.32 Å². The van der Waals surface area contributed by atoms with Crippen molar-refractivity contribution < 1.29 is 33.8 Å². The largest absolute Gasteiger partial charge is 0.481 e. The van der Waals surface area contributed by atoms with Crippen molar-refractivity contribution >= 4 is 23.4 Å². The van der Waals surface area contributed by atoms with E-state index in [1.165, 1.54) is 0 Å². The Balaban J connectivity index is 3.77. The number of ether oxygens (including phenoxy) is 2. The Bertz CT molecular complexity index is 479. The van der Waals surface area contributed by atoms with Gasteiger partial charge >= 0.3 is 5.97 Å². The van der Waals surface area contributed by atoms with Gasteiger partial charge in [0.25, 0.3) is 0 Å². The lowest BCUT2D eigenvalue weighted by Gasteiger charge is -2.12. The van der Waals surface area contributed by atoms with E-state index >= 15 is 0 Å². The second-order valence-electron chi connectivity index (χ2n) is 6.64. The van der Waals surface area contributed by atoms with Crippen LogP contribution in [0.15, 0.2) is 0 Å². The van der Waals surface area contributed by atoms with Gasteiger partial charge in [0.2, 0.25) is 5.91 Å². The maximum absolute atomic E-state index is 11.9. The van der Waals surface area contributed by atoms with Crippen LogP contribution >= 0.6 is 0 Å². The van der Waals surface area contributed by atoms with Crippen molar-refractivity contribution in [2.75, 3.05) is 33.0 Å². The SMILES string of the molecule is CCC(=O)CCCCCC(CC(=O)COCCOCCNC(=O)CC)C(=O)O. The first-order chi connectivity index (χ1) is 13.4. The molecule has 0 aliphatic carbocycles. The number of carbonyl (C=O) groups is 4. The minimum Gasteiger partial charge on any atom is -0.481 e. The van der Waals surface area contributed by atoms with Crippen molar-refractivity contribution in [3.05, 3.63) is 0 Å². The van der Waals surface area contributed by atoms with Gasteiger partial charge in [-0.15, -0.1) is 0 Å². The minimum absolute atomic E-state index is 0.0344. The van der Waals surface area contributed by atoms with Crippen molar-refractivity contribution in [2.24, 2.45) is 5.92 Å². The lowest BCUT2D eigenvalue weighted by atomic mass is 9.95. The molecule has 0 aromatic heterocycles. The molecule has 0 saturated heterocycles. The fraction of sp³-hybridized carbons (Fsp3) is 0.800. The standard InChI is InChI=1S/C20H35NO7/c1-3-17(22)9-7-5-6-8-16(20(25)26)14-18(23)15-28-13-12-27-11-10-21-19(24)4-2/h16H,3-15H2,1-2H3,(H,21,24)(H,25,26). The zero-order chi connectivity index (χ0) is 21.2. The van der Waals surface area contributed by atoms with Gasteiger partial charge in [-0.3, -0.25) is 19.2 Å². The van der Waals surface area contributed by atoms with Crippen molar-refractivity contribution in [3.8, 4) is 0 Å². The molecule has 2 N–H and O–H groups in total. The molecule has 0 saturated carbocycles. The number of ketones is 2. The Kier molecular flexibility index (Phi) is 16.2. The molecule has 0 aliphatic rings. The van der Waals surface area contributed by atoms with Gasteiger partial charge in [0.1, 0.15) is 12.4 Å². The summed E-state index contributed by atoms with van der Waals surface area (Å²) in [7, 11) is 0. The van der Waals surface area contributed by atoms with E-state index in [2.05, 4.69) is 5.32 Å². The molecule has 1 amide bonds. The molecule has 0 aromatic rings. The Morgan fingerprint density at radius 2 is 1.61 bits per heavy atom. The molecule has 0 rings (SSSR count). The van der Waals surface area contributed by atoms with E-state index in [-0.39, 0.29) is 37.1 Å². The van der Waals surface area contributed by atoms with Gasteiger partial charge in [0, 0.05) is 32.2 Å². The van der Waals surface area contributed by atoms with Crippen LogP contribution in [-0.2, 0) is 28.7 Å². The van der Waals surface area contributed by atoms with Crippen molar-refractivity contribution in [3.63, 3.8) is 0 Å². The number of amides is 1. The number of hydrogen-bond acceptors (Lipinski definition) is 6. The van der Waals surface area contributed by atoms with E-state index in [0.717, 1.165) is 12.8 Å². The molecular weight excluding hydrogens is 366 g/mol. The fourth-order valence-corrected chi connectivity index (χ4v) is 2.51. The Hall–Kier alpha value is -1.80. The third-order valence-corrected chi connectivity index (χ3v) is 4.25. The Morgan fingerprint density at radius 1 is 0.893 bits per heavy atom. The molecular formula is C20H35NO7. The van der Waals surface area contributed by atoms with Crippen LogP contribution in [0.2, 0.25) is 0 Å². The van der Waals surface area contributed by atoms with Gasteiger partial charge in [0.15, 0.2) is 5.78 Å². The van der Waals surface area contributed by atoms with Crippen LogP contribution in [0.3, 0.4) is 0 Å². The van der Waals surface area contributed by atoms with Crippen molar-refractivity contribution in [1.82, 2.24) is 5.32 Å². The number of Topliss-reactive ketones (excluding diaryl/α,β-unsaturated/α-hetero) is 2. The molecule has 0 spiro atoms. The number of carboxylic acids is 1. The summed E-state index contributed by atoms with van der Waals surface area (Å²) in [5.41, 5.74) is 0. The highest BCUT2D eigenvalue weighted by Gasteiger charge is 2.20. The Labute approximate surface area is 167 Å². The van der Waals surface area contributed by atoms with Gasteiger partial charge in [-0.1, -0.05) is 26.7 Å². The van der Waals surface area contributed by atoms with Gasteiger partial charge in [-0.25, -0.2) is 0 Å². The first-order valence-corrected chi connectivity index (χ1v) is 10.1. The number of aliphatic carboxylic acids is 1. The third-order valence-electron chi connectivity index (χ3n) is 4.25. The minimum atomic E-state index is -0.976. The average molecular weight is 402 g/mol. The van der Waals surface area contributed by atoms with Crippen LogP contribution in [0.1, 0.15) is 65.2 Å². The van der Waals surface area contributed by atoms with E-state index < -0.39 is 11.9 Å². The normalized spacial score (nSPS) is 11.8. The zero-order valence-corrected chi connectivity index (χ0v) is 17.2. The summed E-state index contributed by atoms with van der Waals surface area (Å²) < 4.78 is 10.5. The summed E-state index contributed by atoms with van der Waals surface area (Å²) >= 11 is 0. The van der Waals surface area contributed by atoms with E-state index in [4.69, 9.17) is 9.47 Å². The number of nitrogens with one attached hydrogen (secondary N) is 1. The number of carboxylic acid groups (broad SMARTS) is 1. The lowest BCUT2D eigenvalue weighted by molar-refractivity contribution is -0.144. The second kappa shape index (κ2) is 17.3. The third kappa shape index (κ3) is 15.3. The van der Waals surface area contributed by atoms with Crippen molar-refractivity contribution in [2.45, 2.75) is 65.2 Å². The summed E-state index contributed by atoms with van der Waals surface area (Å²) in [5.74, 6) is -1.75. The quantitative estimate of drug-likeness (QED) is 0.318. The van der Waals surface area contributed by atoms with Crippen LogP contribution in [0, 0.1) is 5.92 Å². The maximum atomic E-state index is 11.9. The molecule has 28 heavy (non-hydrogen) atoms. The molecule has 1 atom stereocenters. The Morgan fingerprint density at radius 3 is 2.25 bits per heavy atom. The van der Waals surface area contributed by atoms with Crippen LogP contribution in [0.4, 0.5) is 0 Å². The topological polar surface area (TPSA) is 119 Å². The van der Waals surface area contributed by atoms with E-state index in [9.17, 15) is 24.3 Å². The first kappa shape index (κ1) is 26.2. The van der Waals surface area contributed by atoms with Crippen LogP contribution in [-0.4, -0.2) is 61.5 Å². The molecule has 162 valence electrons. The number of unbranched alkanes of at least 4 members (excludes halogenated alkanes) is 2. The highest BCUT2D eigenvalue weighted by atomic mass is 16.5. The highest BCUT2D eigenvalue weighted by molar-refractivity contribution is 5.84. The molecule has 0 radical (unpaired) electrons. The molecule has 0 fully saturated rings. The number of carbonyl (C=O) groups excluding carboxylic acids is 3. The predicted octanol–water partition coefficient (Wildman–Crippen LogP) is 2.14. The fourth-order valence-electron chi connectivity index (χ4n) is 2.51. The molecule has 8 heteroatoms. The van der Waals surface area contributed by atoms with Crippen LogP contribution in [0.25, 0.3) is 0 Å². The molecule has 0 bridgehead atoms. The van der Waals surface area contributed by atoms with Gasteiger partial charge < -0.3 is 19.9 Å².